The maximum absolute atomic E-state index is 10.8. The summed E-state index contributed by atoms with van der Waals surface area (Å²) in [6.07, 6.45) is -0.423. The molecular weight excluding hydrogens is 156 g/mol. The smallest absolute Gasteiger partial charge is 0.410 e. The number of hydrogen-bond acceptors (Lipinski definition) is 3. The first-order valence-corrected chi connectivity index (χ1v) is 3.60. The van der Waals surface area contributed by atoms with E-state index in [-0.39, 0.29) is 0 Å². The number of rotatable bonds is 0. The maximum Gasteiger partial charge on any atom is 0.412 e. The number of amides is 1. The summed E-state index contributed by atoms with van der Waals surface area (Å²) in [6.45, 7) is 0.445. The number of fused-ring (bicyclic) bond motifs is 1. The zero-order chi connectivity index (χ0) is 8.55. The van der Waals surface area contributed by atoms with Crippen molar-refractivity contribution in [1.82, 2.24) is 5.32 Å². The van der Waals surface area contributed by atoms with Crippen LogP contribution in [-0.4, -0.2) is 6.09 Å². The van der Waals surface area contributed by atoms with Gasteiger partial charge in [0.05, 0.1) is 6.54 Å². The van der Waals surface area contributed by atoms with E-state index in [0.717, 1.165) is 5.56 Å². The fourth-order valence-electron chi connectivity index (χ4n) is 1.16. The molecule has 2 rings (SSSR count). The topological polar surface area (TPSA) is 64.3 Å². The molecule has 0 fully saturated rings. The van der Waals surface area contributed by atoms with Crippen LogP contribution in [0, 0.1) is 0 Å². The number of hydrogen-bond donors (Lipinski definition) is 2. The van der Waals surface area contributed by atoms with Gasteiger partial charge in [0.2, 0.25) is 0 Å². The van der Waals surface area contributed by atoms with Crippen LogP contribution in [0.25, 0.3) is 0 Å². The van der Waals surface area contributed by atoms with Crippen molar-refractivity contribution in [2.75, 3.05) is 5.73 Å². The molecule has 1 aromatic carbocycles. The van der Waals surface area contributed by atoms with Gasteiger partial charge in [0.25, 0.3) is 0 Å². The van der Waals surface area contributed by atoms with Gasteiger partial charge in [0, 0.05) is 11.3 Å². The minimum absolute atomic E-state index is 0.423. The first-order chi connectivity index (χ1) is 5.77. The molecule has 3 N–H and O–H groups in total. The van der Waals surface area contributed by atoms with Gasteiger partial charge in [-0.3, -0.25) is 0 Å². The van der Waals surface area contributed by atoms with E-state index >= 15 is 0 Å². The highest BCUT2D eigenvalue weighted by Crippen LogP contribution is 2.26. The summed E-state index contributed by atoms with van der Waals surface area (Å²) in [5, 5.41) is 2.54. The highest BCUT2D eigenvalue weighted by atomic mass is 16.6. The molecule has 4 heteroatoms. The second-order valence-electron chi connectivity index (χ2n) is 2.57. The van der Waals surface area contributed by atoms with Gasteiger partial charge in [-0.25, -0.2) is 4.79 Å². The zero-order valence-electron chi connectivity index (χ0n) is 6.33. The first kappa shape index (κ1) is 6.97. The van der Waals surface area contributed by atoms with Gasteiger partial charge in [-0.2, -0.15) is 0 Å². The summed E-state index contributed by atoms with van der Waals surface area (Å²) < 4.78 is 4.88. The first-order valence-electron chi connectivity index (χ1n) is 3.60. The number of carbonyl (C=O) groups is 1. The van der Waals surface area contributed by atoms with E-state index < -0.39 is 6.09 Å². The molecule has 0 atom stereocenters. The van der Waals surface area contributed by atoms with E-state index in [4.69, 9.17) is 10.5 Å². The third kappa shape index (κ3) is 0.972. The number of ether oxygens (including phenoxy) is 1. The molecule has 1 aliphatic heterocycles. The number of nitrogens with one attached hydrogen (secondary N) is 1. The van der Waals surface area contributed by atoms with E-state index in [0.29, 0.717) is 18.0 Å². The lowest BCUT2D eigenvalue weighted by Crippen LogP contribution is -2.31. The molecule has 62 valence electrons. The normalized spacial score (nSPS) is 14.5. The summed E-state index contributed by atoms with van der Waals surface area (Å²) in [7, 11) is 0. The van der Waals surface area contributed by atoms with Crippen LogP contribution in [0.4, 0.5) is 10.5 Å². The Labute approximate surface area is 69.3 Å². The standard InChI is InChI=1S/C8H8N2O2/c9-6-2-1-3-7-5(6)4-10-8(11)12-7/h1-3H,4,9H2,(H,10,11). The van der Waals surface area contributed by atoms with Crippen molar-refractivity contribution in [1.29, 1.82) is 0 Å². The predicted molar refractivity (Wildman–Crippen MR) is 43.7 cm³/mol. The minimum Gasteiger partial charge on any atom is -0.410 e. The predicted octanol–water partition coefficient (Wildman–Crippen LogP) is 0.871. The second-order valence-corrected chi connectivity index (χ2v) is 2.57. The number of anilines is 1. The fourth-order valence-corrected chi connectivity index (χ4v) is 1.16. The van der Waals surface area contributed by atoms with Crippen LogP contribution < -0.4 is 15.8 Å². The number of benzene rings is 1. The van der Waals surface area contributed by atoms with Crippen LogP contribution in [0.1, 0.15) is 5.56 Å². The molecule has 0 aromatic heterocycles. The molecule has 4 nitrogen and oxygen atoms in total. The van der Waals surface area contributed by atoms with Crippen molar-refractivity contribution < 1.29 is 9.53 Å². The van der Waals surface area contributed by atoms with Gasteiger partial charge in [-0.15, -0.1) is 0 Å². The molecule has 0 unspecified atom stereocenters. The molecule has 12 heavy (non-hydrogen) atoms. The minimum atomic E-state index is -0.423. The molecule has 1 heterocycles. The molecule has 0 radical (unpaired) electrons. The van der Waals surface area contributed by atoms with Gasteiger partial charge in [-0.1, -0.05) is 6.07 Å². The summed E-state index contributed by atoms with van der Waals surface area (Å²) in [5.74, 6) is 0.554. The van der Waals surface area contributed by atoms with Gasteiger partial charge in [0.1, 0.15) is 5.75 Å². The van der Waals surface area contributed by atoms with Crippen LogP contribution in [0.5, 0.6) is 5.75 Å². The molecule has 1 amide bonds. The summed E-state index contributed by atoms with van der Waals surface area (Å²) in [6, 6.07) is 5.26. The van der Waals surface area contributed by atoms with Crippen molar-refractivity contribution in [2.24, 2.45) is 0 Å². The van der Waals surface area contributed by atoms with Crippen molar-refractivity contribution >= 4 is 11.8 Å². The van der Waals surface area contributed by atoms with Gasteiger partial charge >= 0.3 is 6.09 Å². The molecule has 0 aliphatic carbocycles. The Hall–Kier alpha value is -1.71. The third-order valence-corrected chi connectivity index (χ3v) is 1.78. The van der Waals surface area contributed by atoms with E-state index in [1.807, 2.05) is 0 Å². The fraction of sp³-hybridized carbons (Fsp3) is 0.125. The lowest BCUT2D eigenvalue weighted by Gasteiger charge is -2.17. The molecular formula is C8H8N2O2. The maximum atomic E-state index is 10.8. The molecule has 0 spiro atoms. The lowest BCUT2D eigenvalue weighted by molar-refractivity contribution is 0.194. The van der Waals surface area contributed by atoms with E-state index in [9.17, 15) is 4.79 Å². The van der Waals surface area contributed by atoms with Crippen LogP contribution in [0.3, 0.4) is 0 Å². The number of nitrogen functional groups attached to an aromatic ring is 1. The van der Waals surface area contributed by atoms with Crippen molar-refractivity contribution in [3.8, 4) is 5.75 Å². The third-order valence-electron chi connectivity index (χ3n) is 1.78. The van der Waals surface area contributed by atoms with E-state index in [1.54, 1.807) is 18.2 Å². The molecule has 1 aromatic rings. The van der Waals surface area contributed by atoms with Crippen LogP contribution >= 0.6 is 0 Å². The molecule has 0 saturated heterocycles. The van der Waals surface area contributed by atoms with E-state index in [2.05, 4.69) is 5.32 Å². The van der Waals surface area contributed by atoms with Crippen LogP contribution in [0.2, 0.25) is 0 Å². The quantitative estimate of drug-likeness (QED) is 0.559. The zero-order valence-corrected chi connectivity index (χ0v) is 6.33. The van der Waals surface area contributed by atoms with Crippen LogP contribution in [-0.2, 0) is 6.54 Å². The highest BCUT2D eigenvalue weighted by Gasteiger charge is 2.17. The Morgan fingerprint density at radius 3 is 3.17 bits per heavy atom. The summed E-state index contributed by atoms with van der Waals surface area (Å²) in [4.78, 5) is 10.8. The van der Waals surface area contributed by atoms with Crippen molar-refractivity contribution in [3.63, 3.8) is 0 Å². The Morgan fingerprint density at radius 2 is 2.33 bits per heavy atom. The largest absolute Gasteiger partial charge is 0.412 e. The Kier molecular flexibility index (Phi) is 1.40. The average Bonchev–Trinajstić information content (AvgIpc) is 2.04. The monoisotopic (exact) mass is 164 g/mol. The van der Waals surface area contributed by atoms with E-state index in [1.165, 1.54) is 0 Å². The Balaban J connectivity index is 2.48. The molecule has 0 saturated carbocycles. The highest BCUT2D eigenvalue weighted by molar-refractivity contribution is 5.75. The second kappa shape index (κ2) is 2.41. The lowest BCUT2D eigenvalue weighted by atomic mass is 10.1. The van der Waals surface area contributed by atoms with Crippen LogP contribution in [0.15, 0.2) is 18.2 Å². The Bertz CT molecular complexity index is 336. The van der Waals surface area contributed by atoms with Gasteiger partial charge < -0.3 is 15.8 Å². The van der Waals surface area contributed by atoms with Gasteiger partial charge in [-0.05, 0) is 12.1 Å². The number of nitrogens with two attached hydrogens (primary N) is 1. The summed E-state index contributed by atoms with van der Waals surface area (Å²) in [5.41, 5.74) is 7.15. The number of carbonyl (C=O) groups excluding carboxylic acids is 1. The van der Waals surface area contributed by atoms with Crippen molar-refractivity contribution in [3.05, 3.63) is 23.8 Å². The summed E-state index contributed by atoms with van der Waals surface area (Å²) >= 11 is 0. The average molecular weight is 164 g/mol. The van der Waals surface area contributed by atoms with Gasteiger partial charge in [0.15, 0.2) is 0 Å². The SMILES string of the molecule is Nc1cccc2c1CNC(=O)O2. The molecule has 1 aliphatic rings. The van der Waals surface area contributed by atoms with Crippen molar-refractivity contribution in [2.45, 2.75) is 6.54 Å². The Morgan fingerprint density at radius 1 is 1.50 bits per heavy atom. The molecule has 0 bridgehead atoms.